The number of aromatic hydroxyl groups is 1. The second kappa shape index (κ2) is 11.9. The van der Waals surface area contributed by atoms with E-state index in [0.29, 0.717) is 33.9 Å². The van der Waals surface area contributed by atoms with Gasteiger partial charge in [-0.15, -0.1) is 0 Å². The van der Waals surface area contributed by atoms with Gasteiger partial charge in [-0.05, 0) is 106 Å². The number of hydrogen-bond acceptors (Lipinski definition) is 5. The average molecular weight is 805 g/mol. The van der Waals surface area contributed by atoms with Gasteiger partial charge in [-0.3, -0.25) is 24.1 Å². The maximum absolute atomic E-state index is 15.5. The van der Waals surface area contributed by atoms with Gasteiger partial charge in [0.15, 0.2) is 0 Å². The molecule has 1 saturated carbocycles. The molecule has 3 fully saturated rings. The number of carbonyl (C=O) groups is 4. The molecule has 2 aliphatic carbocycles. The largest absolute Gasteiger partial charge is 0.508 e. The lowest BCUT2D eigenvalue weighted by molar-refractivity contribution is -0.127. The molecule has 4 amide bonds. The van der Waals surface area contributed by atoms with E-state index in [2.05, 4.69) is 22.6 Å². The number of benzene rings is 5. The summed E-state index contributed by atoms with van der Waals surface area (Å²) in [6, 6.07) is 34.5. The number of fused-ring (bicyclic) bond motifs is 5. The van der Waals surface area contributed by atoms with Crippen molar-refractivity contribution in [3.8, 4) is 5.75 Å². The predicted octanol–water partition coefficient (Wildman–Crippen LogP) is 8.17. The highest BCUT2D eigenvalue weighted by Crippen LogP contribution is 2.66. The molecular formula is C42H30ClIN2O5. The Morgan fingerprint density at radius 3 is 2.24 bits per heavy atom. The Labute approximate surface area is 312 Å². The summed E-state index contributed by atoms with van der Waals surface area (Å²) in [5, 5.41) is 13.9. The zero-order valence-electron chi connectivity index (χ0n) is 27.1. The molecular weight excluding hydrogens is 775 g/mol. The van der Waals surface area contributed by atoms with Crippen LogP contribution in [0.25, 0.3) is 10.8 Å². The maximum Gasteiger partial charge on any atom is 0.246 e. The summed E-state index contributed by atoms with van der Waals surface area (Å²) in [4.78, 5) is 61.7. The van der Waals surface area contributed by atoms with E-state index in [1.165, 1.54) is 9.80 Å². The van der Waals surface area contributed by atoms with Crippen LogP contribution in [-0.4, -0.2) is 28.7 Å². The van der Waals surface area contributed by atoms with Crippen LogP contribution in [0.5, 0.6) is 5.75 Å². The highest BCUT2D eigenvalue weighted by Gasteiger charge is 2.70. The van der Waals surface area contributed by atoms with Crippen LogP contribution < -0.4 is 9.80 Å². The van der Waals surface area contributed by atoms with E-state index in [-0.39, 0.29) is 24.0 Å². The van der Waals surface area contributed by atoms with Gasteiger partial charge in [0.1, 0.15) is 5.75 Å². The van der Waals surface area contributed by atoms with Crippen LogP contribution in [0.15, 0.2) is 127 Å². The van der Waals surface area contributed by atoms with Crippen molar-refractivity contribution in [3.63, 3.8) is 0 Å². The van der Waals surface area contributed by atoms with Gasteiger partial charge >= 0.3 is 0 Å². The molecule has 0 aromatic heterocycles. The van der Waals surface area contributed by atoms with Gasteiger partial charge in [-0.1, -0.05) is 90.0 Å². The quantitative estimate of drug-likeness (QED) is 0.112. The first kappa shape index (κ1) is 32.1. The molecule has 51 heavy (non-hydrogen) atoms. The molecule has 0 radical (unpaired) electrons. The highest BCUT2D eigenvalue weighted by molar-refractivity contribution is 14.1. The van der Waals surface area contributed by atoms with E-state index in [0.717, 1.165) is 19.9 Å². The lowest BCUT2D eigenvalue weighted by atomic mass is 9.48. The molecule has 2 saturated heterocycles. The fourth-order valence-corrected chi connectivity index (χ4v) is 10.0. The minimum atomic E-state index is -1.49. The summed E-state index contributed by atoms with van der Waals surface area (Å²) in [6.07, 6.45) is 2.48. The summed E-state index contributed by atoms with van der Waals surface area (Å²) in [5.74, 6) is -5.07. The zero-order chi connectivity index (χ0) is 35.2. The second-order valence-electron chi connectivity index (χ2n) is 13.8. The van der Waals surface area contributed by atoms with Crippen molar-refractivity contribution in [3.05, 3.63) is 147 Å². The summed E-state index contributed by atoms with van der Waals surface area (Å²) in [7, 11) is 0. The summed E-state index contributed by atoms with van der Waals surface area (Å²) in [6.45, 7) is 0. The first-order chi connectivity index (χ1) is 24.7. The molecule has 9 heteroatoms. The Morgan fingerprint density at radius 1 is 0.725 bits per heavy atom. The maximum atomic E-state index is 15.5. The fraction of sp³-hybridized carbons (Fsp3) is 0.190. The van der Waals surface area contributed by atoms with Crippen molar-refractivity contribution in [2.45, 2.75) is 24.2 Å². The Balaban J connectivity index is 1.31. The summed E-state index contributed by atoms with van der Waals surface area (Å²) < 4.78 is 0.979. The van der Waals surface area contributed by atoms with Crippen molar-refractivity contribution in [1.82, 2.24) is 0 Å². The van der Waals surface area contributed by atoms with Gasteiger partial charge in [0.05, 0.1) is 34.5 Å². The van der Waals surface area contributed by atoms with Crippen LogP contribution in [0.1, 0.15) is 29.9 Å². The molecule has 2 heterocycles. The van der Waals surface area contributed by atoms with Crippen molar-refractivity contribution < 1.29 is 24.3 Å². The molecule has 6 atom stereocenters. The van der Waals surface area contributed by atoms with Crippen molar-refractivity contribution in [1.29, 1.82) is 0 Å². The highest BCUT2D eigenvalue weighted by atomic mass is 127. The molecule has 5 aromatic rings. The van der Waals surface area contributed by atoms with Crippen LogP contribution in [0.3, 0.4) is 0 Å². The number of amides is 4. The molecule has 4 aliphatic rings. The number of halogens is 2. The van der Waals surface area contributed by atoms with E-state index < -0.39 is 46.8 Å². The van der Waals surface area contributed by atoms with Crippen molar-refractivity contribution >= 4 is 80.0 Å². The first-order valence-corrected chi connectivity index (χ1v) is 18.4. The Morgan fingerprint density at radius 2 is 1.47 bits per heavy atom. The number of allylic oxidation sites excluding steroid dienone is 2. The standard InChI is InChI=1S/C42H30ClIN2O5/c43-25-10-6-11-28(21-25)46-39(49)33-22-32-30(18-19-31-35(32)40(50)45(38(31)48)27-16-14-26(44)15-17-27)37(42(33,41(46)51)24-8-2-1-3-9-24)36-29-12-5-4-7-23(29)13-20-34(36)47/h1-18,20-21,31-33,35,37,47H,19,22H2/t31-,32+,33-,35-,37+,42+/m0/s1. The third kappa shape index (κ3) is 4.55. The molecule has 9 rings (SSSR count). The number of phenols is 1. The second-order valence-corrected chi connectivity index (χ2v) is 15.5. The Bertz CT molecular complexity index is 2340. The third-order valence-electron chi connectivity index (χ3n) is 11.5. The number of rotatable bonds is 4. The van der Waals surface area contributed by atoms with E-state index in [4.69, 9.17) is 11.6 Å². The van der Waals surface area contributed by atoms with Gasteiger partial charge in [-0.2, -0.15) is 0 Å². The van der Waals surface area contributed by atoms with Crippen molar-refractivity contribution in [2.75, 3.05) is 9.80 Å². The van der Waals surface area contributed by atoms with E-state index in [1.807, 2.05) is 78.9 Å². The van der Waals surface area contributed by atoms with Crippen molar-refractivity contribution in [2.24, 2.45) is 23.7 Å². The molecule has 0 unspecified atom stereocenters. The normalized spacial score (nSPS) is 27.0. The van der Waals surface area contributed by atoms with Gasteiger partial charge in [0.25, 0.3) is 0 Å². The van der Waals surface area contributed by atoms with Crippen LogP contribution in [0.4, 0.5) is 11.4 Å². The van der Waals surface area contributed by atoms with Gasteiger partial charge in [0, 0.05) is 20.1 Å². The third-order valence-corrected chi connectivity index (χ3v) is 12.4. The van der Waals surface area contributed by atoms with Gasteiger partial charge in [0.2, 0.25) is 23.6 Å². The summed E-state index contributed by atoms with van der Waals surface area (Å²) in [5.41, 5.74) is 1.34. The van der Waals surface area contributed by atoms with E-state index in [9.17, 15) is 14.7 Å². The number of phenolic OH excluding ortho intramolecular Hbond substituents is 1. The molecule has 0 bridgehead atoms. The van der Waals surface area contributed by atoms with Crippen LogP contribution >= 0.6 is 34.2 Å². The van der Waals surface area contributed by atoms with E-state index in [1.54, 1.807) is 42.5 Å². The summed E-state index contributed by atoms with van der Waals surface area (Å²) >= 11 is 8.62. The molecule has 252 valence electrons. The molecule has 1 N–H and O–H groups in total. The number of carbonyl (C=O) groups excluding carboxylic acids is 4. The van der Waals surface area contributed by atoms with Crippen LogP contribution in [0.2, 0.25) is 5.02 Å². The fourth-order valence-electron chi connectivity index (χ4n) is 9.49. The number of hydrogen-bond donors (Lipinski definition) is 1. The smallest absolute Gasteiger partial charge is 0.246 e. The number of nitrogens with zero attached hydrogens (tertiary/aromatic N) is 2. The van der Waals surface area contributed by atoms with E-state index >= 15 is 9.59 Å². The van der Waals surface area contributed by atoms with Gasteiger partial charge < -0.3 is 5.11 Å². The topological polar surface area (TPSA) is 95.0 Å². The number of imide groups is 2. The average Bonchev–Trinajstić information content (AvgIpc) is 3.53. The van der Waals surface area contributed by atoms with Gasteiger partial charge in [-0.25, -0.2) is 4.90 Å². The lowest BCUT2D eigenvalue weighted by Crippen LogP contribution is -2.53. The number of anilines is 2. The molecule has 7 nitrogen and oxygen atoms in total. The van der Waals surface area contributed by atoms with Crippen LogP contribution in [-0.2, 0) is 24.6 Å². The minimum absolute atomic E-state index is 0.00720. The minimum Gasteiger partial charge on any atom is -0.508 e. The first-order valence-electron chi connectivity index (χ1n) is 16.9. The predicted molar refractivity (Wildman–Crippen MR) is 203 cm³/mol. The zero-order valence-corrected chi connectivity index (χ0v) is 30.0. The lowest BCUT2D eigenvalue weighted by Gasteiger charge is -2.51. The Hall–Kier alpha value is -4.80. The monoisotopic (exact) mass is 804 g/mol. The molecule has 2 aliphatic heterocycles. The molecule has 0 spiro atoms. The van der Waals surface area contributed by atoms with Crippen LogP contribution in [0, 0.1) is 27.2 Å². The Kier molecular flexibility index (Phi) is 7.49. The molecule has 5 aromatic carbocycles. The SMILES string of the molecule is O=C1[C@H]2[C@H](CC=C3[C@H]2C[C@H]2C(=O)N(c4cccc(Cl)c4)C(=O)[C@@]2(c2ccccc2)[C@H]3c2c(O)ccc3ccccc23)C(=O)N1c1ccc(I)cc1.